The standard InChI is InChI=1S/C25H36O4/c1-15(5-8-22(28)29-4)18-6-7-19-23-20(10-12-25(18,19)3)24(2)11-9-17(26)13-16(24)14-21(23)27/h13,15,18-20,23H,5-12,14H2,1-4H3/t15-,18-,19?,20?,23+,24+,25-/m1/s1. The molecule has 0 aliphatic heterocycles. The molecule has 4 heteroatoms. The average molecular weight is 401 g/mol. The van der Waals surface area contributed by atoms with Gasteiger partial charge >= 0.3 is 5.97 Å². The van der Waals surface area contributed by atoms with E-state index in [9.17, 15) is 14.4 Å². The van der Waals surface area contributed by atoms with Crippen molar-refractivity contribution in [1.82, 2.24) is 0 Å². The maximum absolute atomic E-state index is 13.3. The van der Waals surface area contributed by atoms with Gasteiger partial charge in [0.25, 0.3) is 0 Å². The molecule has 0 saturated heterocycles. The van der Waals surface area contributed by atoms with Crippen LogP contribution >= 0.6 is 0 Å². The molecule has 0 spiro atoms. The number of allylic oxidation sites excluding steroid dienone is 1. The molecule has 0 N–H and O–H groups in total. The number of Topliss-reactive ketones (excluding diaryl/α,β-unsaturated/α-hetero) is 1. The third-order valence-electron chi connectivity index (χ3n) is 9.58. The highest BCUT2D eigenvalue weighted by atomic mass is 16.5. The highest BCUT2D eigenvalue weighted by Crippen LogP contribution is 2.66. The van der Waals surface area contributed by atoms with Gasteiger partial charge in [-0.2, -0.15) is 0 Å². The lowest BCUT2D eigenvalue weighted by Gasteiger charge is -2.57. The van der Waals surface area contributed by atoms with Crippen LogP contribution in [0.5, 0.6) is 0 Å². The number of methoxy groups -OCH3 is 1. The summed E-state index contributed by atoms with van der Waals surface area (Å²) in [5, 5.41) is 0. The molecular weight excluding hydrogens is 364 g/mol. The summed E-state index contributed by atoms with van der Waals surface area (Å²) in [7, 11) is 1.46. The molecular formula is C25H36O4. The molecule has 29 heavy (non-hydrogen) atoms. The molecule has 0 amide bonds. The number of rotatable bonds is 4. The maximum atomic E-state index is 13.3. The minimum atomic E-state index is -0.123. The Bertz CT molecular complexity index is 752. The van der Waals surface area contributed by atoms with E-state index in [2.05, 4.69) is 20.8 Å². The Hall–Kier alpha value is -1.45. The third kappa shape index (κ3) is 3.21. The van der Waals surface area contributed by atoms with Crippen LogP contribution in [0.4, 0.5) is 0 Å². The average Bonchev–Trinajstić information content (AvgIpc) is 3.04. The molecule has 0 bridgehead atoms. The first-order valence-electron chi connectivity index (χ1n) is 11.5. The van der Waals surface area contributed by atoms with Crippen molar-refractivity contribution in [3.63, 3.8) is 0 Å². The number of hydrogen-bond acceptors (Lipinski definition) is 4. The van der Waals surface area contributed by atoms with Gasteiger partial charge in [0.05, 0.1) is 7.11 Å². The van der Waals surface area contributed by atoms with E-state index in [1.807, 2.05) is 0 Å². The first-order valence-corrected chi connectivity index (χ1v) is 11.5. The molecule has 3 fully saturated rings. The van der Waals surface area contributed by atoms with Gasteiger partial charge in [0.15, 0.2) is 5.78 Å². The summed E-state index contributed by atoms with van der Waals surface area (Å²) in [6, 6.07) is 0. The quantitative estimate of drug-likeness (QED) is 0.630. The number of carbonyl (C=O) groups is 3. The molecule has 7 atom stereocenters. The SMILES string of the molecule is COC(=O)CC[C@@H](C)[C@H]1CCC2[C@@H]3C(=O)CC4=CC(=O)CC[C@]4(C)C3CC[C@@]21C. The number of carbonyl (C=O) groups excluding carboxylic acids is 3. The topological polar surface area (TPSA) is 60.4 Å². The van der Waals surface area contributed by atoms with Crippen LogP contribution in [0.2, 0.25) is 0 Å². The Balaban J connectivity index is 1.57. The van der Waals surface area contributed by atoms with E-state index < -0.39 is 0 Å². The van der Waals surface area contributed by atoms with Crippen LogP contribution in [-0.4, -0.2) is 24.6 Å². The molecule has 160 valence electrons. The van der Waals surface area contributed by atoms with Crippen molar-refractivity contribution in [3.05, 3.63) is 11.6 Å². The highest BCUT2D eigenvalue weighted by Gasteiger charge is 2.61. The second kappa shape index (κ2) is 7.35. The van der Waals surface area contributed by atoms with Crippen LogP contribution in [-0.2, 0) is 19.1 Å². The predicted octanol–water partition coefficient (Wildman–Crippen LogP) is 4.90. The summed E-state index contributed by atoms with van der Waals surface area (Å²) in [4.78, 5) is 36.9. The van der Waals surface area contributed by atoms with E-state index in [4.69, 9.17) is 4.74 Å². The zero-order valence-electron chi connectivity index (χ0n) is 18.5. The van der Waals surface area contributed by atoms with Crippen LogP contribution in [0.1, 0.15) is 78.6 Å². The molecule has 0 aromatic heterocycles. The fourth-order valence-electron chi connectivity index (χ4n) is 7.88. The number of ketones is 2. The van der Waals surface area contributed by atoms with Crippen molar-refractivity contribution < 1.29 is 19.1 Å². The summed E-state index contributed by atoms with van der Waals surface area (Å²) >= 11 is 0. The predicted molar refractivity (Wildman–Crippen MR) is 111 cm³/mol. The van der Waals surface area contributed by atoms with E-state index in [0.717, 1.165) is 44.1 Å². The van der Waals surface area contributed by atoms with Gasteiger partial charge < -0.3 is 4.74 Å². The van der Waals surface area contributed by atoms with Crippen LogP contribution < -0.4 is 0 Å². The fourth-order valence-corrected chi connectivity index (χ4v) is 7.88. The second-order valence-electron chi connectivity index (χ2n) is 10.8. The van der Waals surface area contributed by atoms with Crippen LogP contribution in [0.15, 0.2) is 11.6 Å². The first-order chi connectivity index (χ1) is 13.7. The van der Waals surface area contributed by atoms with Crippen LogP contribution in [0.25, 0.3) is 0 Å². The van der Waals surface area contributed by atoms with Crippen molar-refractivity contribution in [2.45, 2.75) is 78.6 Å². The van der Waals surface area contributed by atoms with Crippen LogP contribution in [0, 0.1) is 40.4 Å². The Morgan fingerprint density at radius 1 is 1.17 bits per heavy atom. The highest BCUT2D eigenvalue weighted by molar-refractivity contribution is 5.95. The summed E-state index contributed by atoms with van der Waals surface area (Å²) in [5.74, 6) is 2.50. The zero-order chi connectivity index (χ0) is 21.0. The van der Waals surface area contributed by atoms with E-state index >= 15 is 0 Å². The minimum Gasteiger partial charge on any atom is -0.469 e. The Morgan fingerprint density at radius 2 is 1.93 bits per heavy atom. The van der Waals surface area contributed by atoms with Gasteiger partial charge in [0, 0.05) is 25.2 Å². The summed E-state index contributed by atoms with van der Waals surface area (Å²) < 4.78 is 4.84. The van der Waals surface area contributed by atoms with E-state index in [0.29, 0.717) is 48.7 Å². The number of fused-ring (bicyclic) bond motifs is 5. The van der Waals surface area contributed by atoms with Gasteiger partial charge in [0.2, 0.25) is 0 Å². The fraction of sp³-hybridized carbons (Fsp3) is 0.800. The Kier molecular flexibility index (Phi) is 5.28. The van der Waals surface area contributed by atoms with Gasteiger partial charge in [-0.3, -0.25) is 14.4 Å². The normalized spacial score (nSPS) is 42.4. The zero-order valence-corrected chi connectivity index (χ0v) is 18.5. The van der Waals surface area contributed by atoms with Crippen molar-refractivity contribution in [3.8, 4) is 0 Å². The lowest BCUT2D eigenvalue weighted by Crippen LogP contribution is -2.54. The third-order valence-corrected chi connectivity index (χ3v) is 9.58. The van der Waals surface area contributed by atoms with Crippen molar-refractivity contribution in [2.24, 2.45) is 40.4 Å². The summed E-state index contributed by atoms with van der Waals surface area (Å²) in [6.45, 7) is 7.03. The molecule has 4 rings (SSSR count). The van der Waals surface area contributed by atoms with E-state index in [1.165, 1.54) is 7.11 Å². The molecule has 0 heterocycles. The number of hydrogen-bond donors (Lipinski definition) is 0. The molecule has 0 aromatic rings. The van der Waals surface area contributed by atoms with Gasteiger partial charge in [-0.15, -0.1) is 0 Å². The van der Waals surface area contributed by atoms with Crippen molar-refractivity contribution in [1.29, 1.82) is 0 Å². The molecule has 2 unspecified atom stereocenters. The summed E-state index contributed by atoms with van der Waals surface area (Å²) in [6.07, 6.45) is 9.73. The monoisotopic (exact) mass is 400 g/mol. The molecule has 4 aliphatic rings. The maximum Gasteiger partial charge on any atom is 0.305 e. The van der Waals surface area contributed by atoms with Crippen LogP contribution in [0.3, 0.4) is 0 Å². The molecule has 0 radical (unpaired) electrons. The first kappa shape index (κ1) is 20.8. The number of esters is 1. The molecule has 3 saturated carbocycles. The Morgan fingerprint density at radius 3 is 2.66 bits per heavy atom. The lowest BCUT2D eigenvalue weighted by molar-refractivity contribution is -0.141. The lowest BCUT2D eigenvalue weighted by atomic mass is 9.46. The van der Waals surface area contributed by atoms with Gasteiger partial charge in [-0.1, -0.05) is 26.3 Å². The van der Waals surface area contributed by atoms with Crippen molar-refractivity contribution in [2.75, 3.05) is 7.11 Å². The minimum absolute atomic E-state index is 0.0302. The summed E-state index contributed by atoms with van der Waals surface area (Å²) in [5.41, 5.74) is 1.33. The molecule has 0 aromatic carbocycles. The van der Waals surface area contributed by atoms with Gasteiger partial charge in [-0.05, 0) is 79.1 Å². The second-order valence-corrected chi connectivity index (χ2v) is 10.8. The van der Waals surface area contributed by atoms with Gasteiger partial charge in [0.1, 0.15) is 5.78 Å². The molecule has 4 nitrogen and oxygen atoms in total. The number of ether oxygens (including phenoxy) is 1. The molecule has 4 aliphatic carbocycles. The van der Waals surface area contributed by atoms with Crippen molar-refractivity contribution >= 4 is 17.5 Å². The van der Waals surface area contributed by atoms with E-state index in [1.54, 1.807) is 6.08 Å². The Labute approximate surface area is 174 Å². The van der Waals surface area contributed by atoms with E-state index in [-0.39, 0.29) is 28.5 Å². The largest absolute Gasteiger partial charge is 0.469 e. The smallest absolute Gasteiger partial charge is 0.305 e. The van der Waals surface area contributed by atoms with Gasteiger partial charge in [-0.25, -0.2) is 0 Å².